The van der Waals surface area contributed by atoms with Gasteiger partial charge >= 0.3 is 0 Å². The first-order chi connectivity index (χ1) is 19.3. The van der Waals surface area contributed by atoms with Crippen LogP contribution < -0.4 is 19.6 Å². The van der Waals surface area contributed by atoms with Crippen LogP contribution in [-0.4, -0.2) is 67.6 Å². The van der Waals surface area contributed by atoms with Crippen LogP contribution in [0.2, 0.25) is 18.6 Å². The van der Waals surface area contributed by atoms with Crippen molar-refractivity contribution in [2.75, 3.05) is 32.3 Å². The number of amides is 1. The number of benzene rings is 2. The van der Waals surface area contributed by atoms with E-state index in [9.17, 15) is 9.90 Å². The molecule has 0 bridgehead atoms. The molecule has 1 aromatic heterocycles. The van der Waals surface area contributed by atoms with Gasteiger partial charge in [0.15, 0.2) is 0 Å². The molecule has 1 N–H and O–H groups in total. The van der Waals surface area contributed by atoms with Gasteiger partial charge in [0.2, 0.25) is 5.91 Å². The van der Waals surface area contributed by atoms with Crippen molar-refractivity contribution in [2.45, 2.75) is 63.6 Å². The van der Waals surface area contributed by atoms with Gasteiger partial charge in [0.25, 0.3) is 0 Å². The monoisotopic (exact) mass is 564 g/mol. The van der Waals surface area contributed by atoms with Crippen molar-refractivity contribution in [2.24, 2.45) is 5.92 Å². The molecular weight excluding hydrogens is 524 g/mol. The fraction of sp³-hybridized carbons (Fsp3) is 0.500. The first kappa shape index (κ1) is 28.3. The lowest BCUT2D eigenvalue weighted by Gasteiger charge is -2.46. The molecule has 0 spiro atoms. The molecule has 1 amide bonds. The molecule has 0 aliphatic carbocycles. The molecule has 0 radical (unpaired) electrons. The second kappa shape index (κ2) is 11.7. The number of hydrogen-bond acceptors (Lipinski definition) is 7. The predicted octanol–water partition coefficient (Wildman–Crippen LogP) is 3.72. The number of fused-ring (bicyclic) bond motifs is 1. The number of carbonyl (C=O) groups excluding carboxylic acids is 1. The molecule has 1 fully saturated rings. The van der Waals surface area contributed by atoms with E-state index in [2.05, 4.69) is 48.5 Å². The van der Waals surface area contributed by atoms with Gasteiger partial charge in [-0.1, -0.05) is 42.6 Å². The highest BCUT2D eigenvalue weighted by atomic mass is 28.3. The SMILES string of the molecule is COc1ccc([Si](C)(C)C(CCn2cc(CCO)nn2)[C@@H]2Oc3ccc(N4CCC4=O)cc3[C@H](OC)[C@H]2C)cc1. The van der Waals surface area contributed by atoms with Gasteiger partial charge in [-0.05, 0) is 42.3 Å². The number of ether oxygens (including phenoxy) is 3. The Labute approximate surface area is 237 Å². The smallest absolute Gasteiger partial charge is 0.228 e. The second-order valence-electron chi connectivity index (χ2n) is 11.4. The summed E-state index contributed by atoms with van der Waals surface area (Å²) >= 11 is 0. The minimum atomic E-state index is -2.12. The first-order valence-corrected chi connectivity index (χ1v) is 17.1. The van der Waals surface area contributed by atoms with E-state index in [1.54, 1.807) is 14.2 Å². The molecule has 5 rings (SSSR count). The van der Waals surface area contributed by atoms with Crippen molar-refractivity contribution < 1.29 is 24.1 Å². The van der Waals surface area contributed by atoms with Crippen molar-refractivity contribution in [1.29, 1.82) is 0 Å². The van der Waals surface area contributed by atoms with Gasteiger partial charge in [0.1, 0.15) is 17.6 Å². The highest BCUT2D eigenvalue weighted by molar-refractivity contribution is 6.91. The van der Waals surface area contributed by atoms with Crippen LogP contribution in [0.5, 0.6) is 11.5 Å². The third kappa shape index (κ3) is 5.40. The molecule has 2 aliphatic rings. The van der Waals surface area contributed by atoms with Gasteiger partial charge in [-0.3, -0.25) is 9.48 Å². The molecule has 3 aromatic rings. The third-order valence-corrected chi connectivity index (χ3v) is 13.0. The minimum absolute atomic E-state index is 0.0532. The Kier molecular flexibility index (Phi) is 8.30. The average molecular weight is 565 g/mol. The number of nitrogens with zero attached hydrogens (tertiary/aromatic N) is 4. The average Bonchev–Trinajstić information content (AvgIpc) is 3.40. The van der Waals surface area contributed by atoms with E-state index in [1.165, 1.54) is 5.19 Å². The van der Waals surface area contributed by atoms with Crippen LogP contribution in [0.15, 0.2) is 48.7 Å². The molecular formula is C30H40N4O5Si. The molecule has 1 saturated heterocycles. The molecule has 3 heterocycles. The van der Waals surface area contributed by atoms with E-state index in [0.717, 1.165) is 41.4 Å². The number of rotatable bonds is 11. The Bertz CT molecular complexity index is 1330. The van der Waals surface area contributed by atoms with Crippen LogP contribution in [0.4, 0.5) is 5.69 Å². The number of aliphatic hydroxyl groups is 1. The third-order valence-electron chi connectivity index (χ3n) is 8.76. The number of carbonyl (C=O) groups is 1. The molecule has 4 atom stereocenters. The van der Waals surface area contributed by atoms with Crippen LogP contribution in [-0.2, 0) is 22.5 Å². The van der Waals surface area contributed by atoms with Crippen LogP contribution in [0, 0.1) is 5.92 Å². The van der Waals surface area contributed by atoms with E-state index in [-0.39, 0.29) is 36.2 Å². The van der Waals surface area contributed by atoms with Gasteiger partial charge < -0.3 is 24.2 Å². The number of aryl methyl sites for hydroxylation is 1. The van der Waals surface area contributed by atoms with Crippen molar-refractivity contribution in [3.05, 3.63) is 59.9 Å². The molecule has 9 nitrogen and oxygen atoms in total. The zero-order valence-electron chi connectivity index (χ0n) is 24.0. The summed E-state index contributed by atoms with van der Waals surface area (Å²) in [6.45, 7) is 8.53. The van der Waals surface area contributed by atoms with Crippen molar-refractivity contribution in [1.82, 2.24) is 15.0 Å². The van der Waals surface area contributed by atoms with Crippen molar-refractivity contribution in [3.8, 4) is 11.5 Å². The summed E-state index contributed by atoms with van der Waals surface area (Å²) in [5.41, 5.74) is 2.92. The van der Waals surface area contributed by atoms with E-state index >= 15 is 0 Å². The lowest BCUT2D eigenvalue weighted by atomic mass is 9.86. The minimum Gasteiger partial charge on any atom is -0.497 e. The highest BCUT2D eigenvalue weighted by Gasteiger charge is 2.47. The normalized spacial score (nSPS) is 21.4. The molecule has 10 heteroatoms. The lowest BCUT2D eigenvalue weighted by Crippen LogP contribution is -2.54. The van der Waals surface area contributed by atoms with E-state index in [0.29, 0.717) is 19.4 Å². The Morgan fingerprint density at radius 2 is 1.95 bits per heavy atom. The Morgan fingerprint density at radius 1 is 1.18 bits per heavy atom. The fourth-order valence-corrected chi connectivity index (χ4v) is 9.74. The Morgan fingerprint density at radius 3 is 2.58 bits per heavy atom. The van der Waals surface area contributed by atoms with Gasteiger partial charge in [0, 0.05) is 63.0 Å². The second-order valence-corrected chi connectivity index (χ2v) is 16.2. The van der Waals surface area contributed by atoms with Crippen LogP contribution in [0.25, 0.3) is 0 Å². The standard InChI is InChI=1S/C30H40N4O5Si/c1-20-29(38-3)25-18-22(34-16-13-28(34)36)6-11-26(25)39-30(20)27(12-15-33-19-21(14-17-35)31-32-33)40(4,5)24-9-7-23(37-2)8-10-24/h6-11,18-20,27,29-30,35H,12-17H2,1-5H3/t20-,27?,29-,30-/m1/s1. The maximum Gasteiger partial charge on any atom is 0.228 e. The number of hydrogen-bond donors (Lipinski definition) is 1. The number of aromatic nitrogens is 3. The predicted molar refractivity (Wildman–Crippen MR) is 156 cm³/mol. The summed E-state index contributed by atoms with van der Waals surface area (Å²) in [6, 6.07) is 14.5. The number of β-lactam (4-membered cyclic amide) rings is 1. The molecule has 1 unspecified atom stereocenters. The fourth-order valence-electron chi connectivity index (χ4n) is 6.24. The van der Waals surface area contributed by atoms with Crippen LogP contribution in [0.1, 0.15) is 37.1 Å². The topological polar surface area (TPSA) is 98.9 Å². The maximum absolute atomic E-state index is 12.1. The molecule has 2 aliphatic heterocycles. The van der Waals surface area contributed by atoms with E-state index in [1.807, 2.05) is 40.0 Å². The number of aliphatic hydroxyl groups excluding tert-OH is 1. The maximum atomic E-state index is 12.1. The van der Waals surface area contributed by atoms with E-state index < -0.39 is 8.07 Å². The molecule has 2 aromatic carbocycles. The van der Waals surface area contributed by atoms with E-state index in [4.69, 9.17) is 14.2 Å². The zero-order valence-corrected chi connectivity index (χ0v) is 25.0. The molecule has 214 valence electrons. The summed E-state index contributed by atoms with van der Waals surface area (Å²) in [5.74, 6) is 1.90. The van der Waals surface area contributed by atoms with Crippen LogP contribution in [0.3, 0.4) is 0 Å². The van der Waals surface area contributed by atoms with Crippen molar-refractivity contribution >= 4 is 24.9 Å². The summed E-state index contributed by atoms with van der Waals surface area (Å²) in [6.07, 6.45) is 3.63. The van der Waals surface area contributed by atoms with Crippen molar-refractivity contribution in [3.63, 3.8) is 0 Å². The van der Waals surface area contributed by atoms with Gasteiger partial charge in [-0.2, -0.15) is 0 Å². The first-order valence-electron chi connectivity index (χ1n) is 14.0. The Balaban J connectivity index is 1.48. The lowest BCUT2D eigenvalue weighted by molar-refractivity contribution is -0.122. The summed E-state index contributed by atoms with van der Waals surface area (Å²) in [5, 5.41) is 19.2. The van der Waals surface area contributed by atoms with Gasteiger partial charge in [-0.25, -0.2) is 0 Å². The number of anilines is 1. The van der Waals surface area contributed by atoms with Gasteiger partial charge in [0.05, 0.1) is 27.0 Å². The largest absolute Gasteiger partial charge is 0.497 e. The van der Waals surface area contributed by atoms with Gasteiger partial charge in [-0.15, -0.1) is 5.10 Å². The number of methoxy groups -OCH3 is 2. The quantitative estimate of drug-likeness (QED) is 0.280. The summed E-state index contributed by atoms with van der Waals surface area (Å²) in [4.78, 5) is 13.9. The van der Waals surface area contributed by atoms with Crippen LogP contribution >= 0.6 is 0 Å². The Hall–Kier alpha value is -3.21. The molecule has 0 saturated carbocycles. The summed E-state index contributed by atoms with van der Waals surface area (Å²) < 4.78 is 20.3. The molecule has 40 heavy (non-hydrogen) atoms. The zero-order chi connectivity index (χ0) is 28.4. The summed E-state index contributed by atoms with van der Waals surface area (Å²) in [7, 11) is 1.32. The highest BCUT2D eigenvalue weighted by Crippen LogP contribution is 2.48.